The van der Waals surface area contributed by atoms with Gasteiger partial charge in [-0.15, -0.1) is 22.7 Å². The Labute approximate surface area is 173 Å². The first-order valence-electron chi connectivity index (χ1n) is 8.80. The van der Waals surface area contributed by atoms with Gasteiger partial charge in [0, 0.05) is 29.1 Å². The van der Waals surface area contributed by atoms with Gasteiger partial charge in [-0.2, -0.15) is 0 Å². The lowest BCUT2D eigenvalue weighted by Gasteiger charge is -2.24. The number of thiazole rings is 1. The zero-order chi connectivity index (χ0) is 20.1. The minimum Gasteiger partial charge on any atom is -0.465 e. The van der Waals surface area contributed by atoms with E-state index in [1.54, 1.807) is 0 Å². The van der Waals surface area contributed by atoms with E-state index in [1.807, 2.05) is 12.1 Å². The molecule has 148 valence electrons. The van der Waals surface area contributed by atoms with Crippen LogP contribution in [0.2, 0.25) is 0 Å². The molecule has 29 heavy (non-hydrogen) atoms. The fourth-order valence-corrected chi connectivity index (χ4v) is 5.86. The fraction of sp³-hybridized carbons (Fsp3) is 0.211. The Morgan fingerprint density at radius 2 is 2.07 bits per heavy atom. The standard InChI is InChI=1S/C19H15N3O5S2/c1-2-15(23)21-18-16(9-3-4-22(19(24)25)7-14(9)29-18)17-20-10-5-11-12(27-8-26-11)6-13(10)28-17/h2,5-6H,1,3-4,7-8H2,(H,21,23)(H,24,25). The summed E-state index contributed by atoms with van der Waals surface area (Å²) >= 11 is 2.89. The number of amides is 2. The van der Waals surface area contributed by atoms with Gasteiger partial charge < -0.3 is 24.8 Å². The molecule has 0 saturated carbocycles. The third-order valence-corrected chi connectivity index (χ3v) is 7.01. The first kappa shape index (κ1) is 18.0. The molecule has 2 aliphatic rings. The van der Waals surface area contributed by atoms with Gasteiger partial charge in [-0.05, 0) is 18.1 Å². The normalized spacial score (nSPS) is 14.7. The second-order valence-corrected chi connectivity index (χ2v) is 8.68. The highest BCUT2D eigenvalue weighted by Crippen LogP contribution is 2.47. The largest absolute Gasteiger partial charge is 0.465 e. The molecule has 0 atom stereocenters. The van der Waals surface area contributed by atoms with E-state index in [2.05, 4.69) is 11.9 Å². The lowest BCUT2D eigenvalue weighted by Crippen LogP contribution is -2.34. The molecule has 2 aliphatic heterocycles. The van der Waals surface area contributed by atoms with Gasteiger partial charge >= 0.3 is 6.09 Å². The summed E-state index contributed by atoms with van der Waals surface area (Å²) in [6.07, 6.45) is 0.830. The van der Waals surface area contributed by atoms with Crippen molar-refractivity contribution >= 4 is 49.9 Å². The highest BCUT2D eigenvalue weighted by molar-refractivity contribution is 7.23. The molecule has 10 heteroatoms. The summed E-state index contributed by atoms with van der Waals surface area (Å²) in [4.78, 5) is 30.4. The number of hydrogen-bond donors (Lipinski definition) is 2. The van der Waals surface area contributed by atoms with E-state index in [-0.39, 0.29) is 12.7 Å². The Balaban J connectivity index is 1.63. The first-order chi connectivity index (χ1) is 14.0. The van der Waals surface area contributed by atoms with Crippen molar-refractivity contribution < 1.29 is 24.2 Å². The number of carbonyl (C=O) groups is 2. The predicted molar refractivity (Wildman–Crippen MR) is 110 cm³/mol. The Bertz CT molecular complexity index is 1140. The van der Waals surface area contributed by atoms with Gasteiger partial charge in [0.2, 0.25) is 12.7 Å². The molecule has 1 aromatic carbocycles. The molecule has 0 saturated heterocycles. The number of carbonyl (C=O) groups excluding carboxylic acids is 1. The molecule has 3 aromatic rings. The second-order valence-electron chi connectivity index (χ2n) is 6.55. The van der Waals surface area contributed by atoms with Crippen LogP contribution in [0.15, 0.2) is 24.8 Å². The van der Waals surface area contributed by atoms with E-state index in [1.165, 1.54) is 33.6 Å². The number of carboxylic acid groups (broad SMARTS) is 1. The molecular formula is C19H15N3O5S2. The molecule has 0 fully saturated rings. The van der Waals surface area contributed by atoms with Crippen molar-refractivity contribution in [2.24, 2.45) is 0 Å². The van der Waals surface area contributed by atoms with Crippen molar-refractivity contribution in [3.05, 3.63) is 35.2 Å². The average molecular weight is 429 g/mol. The van der Waals surface area contributed by atoms with Crippen LogP contribution in [0.4, 0.5) is 9.80 Å². The van der Waals surface area contributed by atoms with E-state index < -0.39 is 6.09 Å². The monoisotopic (exact) mass is 429 g/mol. The molecule has 2 amide bonds. The molecule has 0 unspecified atom stereocenters. The van der Waals surface area contributed by atoms with Crippen molar-refractivity contribution in [2.45, 2.75) is 13.0 Å². The van der Waals surface area contributed by atoms with Crippen molar-refractivity contribution in [3.8, 4) is 22.1 Å². The van der Waals surface area contributed by atoms with Gasteiger partial charge in [-0.25, -0.2) is 9.78 Å². The Kier molecular flexibility index (Phi) is 4.18. The summed E-state index contributed by atoms with van der Waals surface area (Å²) in [7, 11) is 0. The van der Waals surface area contributed by atoms with Crippen molar-refractivity contribution in [1.82, 2.24) is 9.88 Å². The van der Waals surface area contributed by atoms with E-state index in [4.69, 9.17) is 14.5 Å². The molecule has 0 radical (unpaired) electrons. The van der Waals surface area contributed by atoms with Gasteiger partial charge in [0.15, 0.2) is 11.5 Å². The number of anilines is 1. The number of hydrogen-bond acceptors (Lipinski definition) is 7. The minimum absolute atomic E-state index is 0.204. The van der Waals surface area contributed by atoms with Crippen molar-refractivity contribution in [3.63, 3.8) is 0 Å². The number of thiophene rings is 1. The topological polar surface area (TPSA) is 101 Å². The number of rotatable bonds is 3. The summed E-state index contributed by atoms with van der Waals surface area (Å²) in [6.45, 7) is 4.42. The van der Waals surface area contributed by atoms with Crippen LogP contribution in [0.1, 0.15) is 10.4 Å². The Hall–Kier alpha value is -3.11. The summed E-state index contributed by atoms with van der Waals surface area (Å²) in [5.41, 5.74) is 2.68. The highest BCUT2D eigenvalue weighted by Gasteiger charge is 2.29. The minimum atomic E-state index is -0.947. The van der Waals surface area contributed by atoms with Crippen LogP contribution >= 0.6 is 22.7 Å². The van der Waals surface area contributed by atoms with Crippen LogP contribution in [0.3, 0.4) is 0 Å². The van der Waals surface area contributed by atoms with Crippen molar-refractivity contribution in [2.75, 3.05) is 18.7 Å². The quantitative estimate of drug-likeness (QED) is 0.612. The van der Waals surface area contributed by atoms with Crippen molar-refractivity contribution in [1.29, 1.82) is 0 Å². The zero-order valence-corrected chi connectivity index (χ0v) is 16.7. The predicted octanol–water partition coefficient (Wildman–Crippen LogP) is 3.91. The van der Waals surface area contributed by atoms with Gasteiger partial charge in [-0.3, -0.25) is 4.79 Å². The molecule has 0 bridgehead atoms. The lowest BCUT2D eigenvalue weighted by atomic mass is 10.0. The van der Waals surface area contributed by atoms with Crippen LogP contribution < -0.4 is 14.8 Å². The summed E-state index contributed by atoms with van der Waals surface area (Å²) < 4.78 is 11.8. The number of fused-ring (bicyclic) bond motifs is 3. The molecular weight excluding hydrogens is 414 g/mol. The first-order valence-corrected chi connectivity index (χ1v) is 10.4. The summed E-state index contributed by atoms with van der Waals surface area (Å²) in [5.74, 6) is 1.04. The maximum Gasteiger partial charge on any atom is 0.407 e. The number of nitrogens with one attached hydrogen (secondary N) is 1. The van der Waals surface area contributed by atoms with Crippen LogP contribution in [-0.2, 0) is 17.8 Å². The highest BCUT2D eigenvalue weighted by atomic mass is 32.1. The third-order valence-electron chi connectivity index (χ3n) is 4.85. The summed E-state index contributed by atoms with van der Waals surface area (Å²) in [5, 5.41) is 13.6. The molecule has 2 N–H and O–H groups in total. The molecule has 4 heterocycles. The third kappa shape index (κ3) is 3.00. The maximum atomic E-state index is 12.0. The lowest BCUT2D eigenvalue weighted by molar-refractivity contribution is -0.111. The molecule has 5 rings (SSSR count). The number of benzene rings is 1. The Morgan fingerprint density at radius 1 is 1.28 bits per heavy atom. The second kappa shape index (κ2) is 6.75. The number of nitrogens with zero attached hydrogens (tertiary/aromatic N) is 2. The number of ether oxygens (including phenoxy) is 2. The van der Waals surface area contributed by atoms with E-state index in [0.29, 0.717) is 36.0 Å². The van der Waals surface area contributed by atoms with Gasteiger partial charge in [0.05, 0.1) is 16.8 Å². The molecule has 2 aromatic heterocycles. The average Bonchev–Trinajstić information content (AvgIpc) is 3.40. The van der Waals surface area contributed by atoms with Crippen LogP contribution in [0, 0.1) is 0 Å². The Morgan fingerprint density at radius 3 is 2.83 bits per heavy atom. The van der Waals surface area contributed by atoms with E-state index in [0.717, 1.165) is 31.2 Å². The van der Waals surface area contributed by atoms with Crippen LogP contribution in [0.25, 0.3) is 20.8 Å². The SMILES string of the molecule is C=CC(=O)Nc1sc2c(c1-c1nc3cc4c(cc3s1)OCO4)CCN(C(=O)O)C2. The van der Waals surface area contributed by atoms with Crippen LogP contribution in [0.5, 0.6) is 11.5 Å². The smallest absolute Gasteiger partial charge is 0.407 e. The number of aromatic nitrogens is 1. The van der Waals surface area contributed by atoms with Gasteiger partial charge in [0.25, 0.3) is 0 Å². The molecule has 0 aliphatic carbocycles. The fourth-order valence-electron chi connectivity index (χ4n) is 3.47. The van der Waals surface area contributed by atoms with E-state index in [9.17, 15) is 14.7 Å². The molecule has 0 spiro atoms. The van der Waals surface area contributed by atoms with Gasteiger partial charge in [-0.1, -0.05) is 6.58 Å². The van der Waals surface area contributed by atoms with Gasteiger partial charge in [0.1, 0.15) is 10.0 Å². The maximum absolute atomic E-state index is 12.0. The molecule has 8 nitrogen and oxygen atoms in total. The summed E-state index contributed by atoms with van der Waals surface area (Å²) in [6, 6.07) is 3.76. The van der Waals surface area contributed by atoms with E-state index >= 15 is 0 Å². The van der Waals surface area contributed by atoms with Crippen LogP contribution in [-0.4, -0.2) is 40.3 Å². The zero-order valence-electron chi connectivity index (χ0n) is 15.1.